The average molecular weight is 112 g/mol. The second-order valence-electron chi connectivity index (χ2n) is 1.24. The average Bonchev–Trinajstić information content (AvgIpc) is 2.14. The van der Waals surface area contributed by atoms with Crippen LogP contribution in [0, 0.1) is 0 Å². The smallest absolute Gasteiger partial charge is 0.226 e. The minimum absolute atomic E-state index is 0.910. The molecule has 1 aromatic rings. The lowest BCUT2D eigenvalue weighted by Crippen LogP contribution is -2.11. The maximum Gasteiger partial charge on any atom is 0.226 e. The van der Waals surface area contributed by atoms with Gasteiger partial charge in [-0.3, -0.25) is 4.98 Å². The topological polar surface area (TPSA) is 28.7 Å². The SMILES string of the molecule is PBc1ncc[nH]1. The molecule has 1 unspecified atom stereocenters. The van der Waals surface area contributed by atoms with Gasteiger partial charge in [-0.15, -0.1) is 0 Å². The third kappa shape index (κ3) is 1.03. The van der Waals surface area contributed by atoms with Crippen molar-refractivity contribution in [2.75, 3.05) is 0 Å². The number of H-pyrrole nitrogens is 1. The molecular weight excluding hydrogens is 106 g/mol. The van der Waals surface area contributed by atoms with Crippen molar-refractivity contribution < 1.29 is 0 Å². The van der Waals surface area contributed by atoms with E-state index in [1.54, 1.807) is 6.20 Å². The molecule has 2 nitrogen and oxygen atoms in total. The van der Waals surface area contributed by atoms with Gasteiger partial charge in [0.1, 0.15) is 0 Å². The zero-order valence-corrected chi connectivity index (χ0v) is 5.04. The van der Waals surface area contributed by atoms with Gasteiger partial charge in [0.05, 0.1) is 5.72 Å². The van der Waals surface area contributed by atoms with E-state index in [9.17, 15) is 0 Å². The maximum atomic E-state index is 3.96. The molecule has 0 aliphatic carbocycles. The fourth-order valence-electron chi connectivity index (χ4n) is 0.410. The zero-order valence-electron chi connectivity index (χ0n) is 3.89. The van der Waals surface area contributed by atoms with Crippen molar-refractivity contribution in [1.82, 2.24) is 9.97 Å². The standard InChI is InChI=1S/C3H6BN2P/c7-4-3-5-1-2-6-3/h1-2,4H,7H2,(H,5,6). The minimum atomic E-state index is 0.910. The van der Waals surface area contributed by atoms with E-state index in [0.29, 0.717) is 0 Å². The van der Waals surface area contributed by atoms with Gasteiger partial charge < -0.3 is 4.98 Å². The van der Waals surface area contributed by atoms with Crippen LogP contribution in [0.4, 0.5) is 0 Å². The molecule has 0 radical (unpaired) electrons. The number of hydrogen-bond donors (Lipinski definition) is 1. The van der Waals surface area contributed by atoms with Gasteiger partial charge in [-0.1, -0.05) is 0 Å². The summed E-state index contributed by atoms with van der Waals surface area (Å²) in [5.74, 6) is 0. The Morgan fingerprint density at radius 1 is 1.86 bits per heavy atom. The van der Waals surface area contributed by atoms with E-state index < -0.39 is 0 Å². The van der Waals surface area contributed by atoms with E-state index in [0.717, 1.165) is 12.7 Å². The molecule has 0 aromatic carbocycles. The van der Waals surface area contributed by atoms with Crippen molar-refractivity contribution >= 4 is 21.8 Å². The van der Waals surface area contributed by atoms with E-state index >= 15 is 0 Å². The highest BCUT2D eigenvalue weighted by Gasteiger charge is 1.85. The lowest BCUT2D eigenvalue weighted by Gasteiger charge is -1.77. The first-order valence-electron chi connectivity index (χ1n) is 2.12. The number of nitrogens with zero attached hydrogens (tertiary/aromatic N) is 1. The Labute approximate surface area is 45.1 Å². The number of hydrogen-bond acceptors (Lipinski definition) is 1. The van der Waals surface area contributed by atoms with Gasteiger partial charge in [-0.25, -0.2) is 0 Å². The van der Waals surface area contributed by atoms with E-state index in [1.807, 2.05) is 6.20 Å². The lowest BCUT2D eigenvalue weighted by molar-refractivity contribution is 1.41. The summed E-state index contributed by atoms with van der Waals surface area (Å²) >= 11 is 0. The van der Waals surface area contributed by atoms with Crippen molar-refractivity contribution in [2.24, 2.45) is 0 Å². The quantitative estimate of drug-likeness (QED) is 0.376. The largest absolute Gasteiger partial charge is 0.357 e. The summed E-state index contributed by atoms with van der Waals surface area (Å²) in [5.41, 5.74) is 1.02. The van der Waals surface area contributed by atoms with E-state index in [-0.39, 0.29) is 0 Å². The Kier molecular flexibility index (Phi) is 1.48. The second-order valence-corrected chi connectivity index (χ2v) is 1.65. The summed E-state index contributed by atoms with van der Waals surface area (Å²) in [7, 11) is 2.59. The summed E-state index contributed by atoms with van der Waals surface area (Å²) in [5, 5.41) is 0. The Hall–Kier alpha value is -0.295. The summed E-state index contributed by atoms with van der Waals surface area (Å²) in [6.07, 6.45) is 3.57. The summed E-state index contributed by atoms with van der Waals surface area (Å²) in [6, 6.07) is 0. The van der Waals surface area contributed by atoms with E-state index in [1.165, 1.54) is 0 Å². The predicted molar refractivity (Wildman–Crippen MR) is 35.1 cm³/mol. The highest BCUT2D eigenvalue weighted by molar-refractivity contribution is 7.58. The second kappa shape index (κ2) is 2.13. The molecule has 1 heterocycles. The summed E-state index contributed by atoms with van der Waals surface area (Å²) in [4.78, 5) is 6.91. The van der Waals surface area contributed by atoms with Gasteiger partial charge in [0.25, 0.3) is 0 Å². The number of rotatable bonds is 1. The minimum Gasteiger partial charge on any atom is -0.357 e. The number of nitrogens with one attached hydrogen (secondary N) is 1. The van der Waals surface area contributed by atoms with Crippen LogP contribution in [0.25, 0.3) is 0 Å². The molecule has 0 amide bonds. The summed E-state index contributed by atoms with van der Waals surface area (Å²) < 4.78 is 0. The number of aromatic nitrogens is 2. The molecule has 0 aliphatic rings. The van der Waals surface area contributed by atoms with Crippen LogP contribution < -0.4 is 5.72 Å². The van der Waals surface area contributed by atoms with Crippen LogP contribution in [0.2, 0.25) is 0 Å². The monoisotopic (exact) mass is 112 g/mol. The van der Waals surface area contributed by atoms with Crippen molar-refractivity contribution in [3.8, 4) is 0 Å². The number of aromatic amines is 1. The molecule has 1 rings (SSSR count). The van der Waals surface area contributed by atoms with Crippen LogP contribution in [-0.4, -0.2) is 17.0 Å². The van der Waals surface area contributed by atoms with Crippen LogP contribution in [0.3, 0.4) is 0 Å². The normalized spacial score (nSPS) is 8.71. The van der Waals surface area contributed by atoms with Crippen molar-refractivity contribution in [1.29, 1.82) is 0 Å². The Balaban J connectivity index is 2.76. The molecule has 1 N–H and O–H groups in total. The molecule has 36 valence electrons. The Morgan fingerprint density at radius 2 is 2.71 bits per heavy atom. The van der Waals surface area contributed by atoms with Gasteiger partial charge in [0, 0.05) is 12.4 Å². The van der Waals surface area contributed by atoms with E-state index in [2.05, 4.69) is 19.1 Å². The molecule has 0 saturated heterocycles. The van der Waals surface area contributed by atoms with Gasteiger partial charge in [0.15, 0.2) is 0 Å². The van der Waals surface area contributed by atoms with Gasteiger partial charge in [0.2, 0.25) is 7.00 Å². The van der Waals surface area contributed by atoms with Crippen LogP contribution in [-0.2, 0) is 0 Å². The highest BCUT2D eigenvalue weighted by atomic mass is 31.0. The Morgan fingerprint density at radius 3 is 3.00 bits per heavy atom. The molecule has 0 aliphatic heterocycles. The van der Waals surface area contributed by atoms with Gasteiger partial charge >= 0.3 is 0 Å². The third-order valence-electron chi connectivity index (χ3n) is 0.748. The van der Waals surface area contributed by atoms with Crippen LogP contribution in [0.1, 0.15) is 0 Å². The van der Waals surface area contributed by atoms with Crippen LogP contribution >= 0.6 is 9.12 Å². The first-order chi connectivity index (χ1) is 3.43. The molecule has 0 bridgehead atoms. The van der Waals surface area contributed by atoms with Gasteiger partial charge in [-0.2, -0.15) is 9.12 Å². The van der Waals surface area contributed by atoms with E-state index in [4.69, 9.17) is 0 Å². The lowest BCUT2D eigenvalue weighted by atomic mass is 10.1. The van der Waals surface area contributed by atoms with Crippen molar-refractivity contribution in [2.45, 2.75) is 0 Å². The maximum absolute atomic E-state index is 3.96. The fraction of sp³-hybridized carbons (Fsp3) is 0. The molecule has 1 atom stereocenters. The molecular formula is C3H6BN2P. The van der Waals surface area contributed by atoms with Gasteiger partial charge in [-0.05, 0) is 0 Å². The zero-order chi connectivity index (χ0) is 5.11. The molecule has 0 spiro atoms. The molecule has 1 aromatic heterocycles. The highest BCUT2D eigenvalue weighted by Crippen LogP contribution is 1.72. The first kappa shape index (κ1) is 4.85. The third-order valence-corrected chi connectivity index (χ3v) is 1.13. The molecule has 0 saturated carbocycles. The Bertz CT molecular complexity index is 127. The summed E-state index contributed by atoms with van der Waals surface area (Å²) in [6.45, 7) is 0.910. The van der Waals surface area contributed by atoms with Crippen LogP contribution in [0.15, 0.2) is 12.4 Å². The van der Waals surface area contributed by atoms with Crippen molar-refractivity contribution in [3.63, 3.8) is 0 Å². The van der Waals surface area contributed by atoms with Crippen LogP contribution in [0.5, 0.6) is 0 Å². The van der Waals surface area contributed by atoms with Crippen molar-refractivity contribution in [3.05, 3.63) is 12.4 Å². The fourth-order valence-corrected chi connectivity index (χ4v) is 0.633. The predicted octanol–water partition coefficient (Wildman–Crippen LogP) is -0.738. The molecule has 7 heavy (non-hydrogen) atoms. The first-order valence-corrected chi connectivity index (χ1v) is 2.93. The number of imidazole rings is 1. The molecule has 4 heteroatoms. The molecule has 0 fully saturated rings.